The summed E-state index contributed by atoms with van der Waals surface area (Å²) in [6.45, 7) is 4.31. The number of aliphatic hydroxyl groups is 1. The largest absolute Gasteiger partial charge is 0.458 e. The Labute approximate surface area is 159 Å². The van der Waals surface area contributed by atoms with Crippen LogP contribution >= 0.6 is 0 Å². The van der Waals surface area contributed by atoms with Crippen LogP contribution < -0.4 is 11.3 Å². The van der Waals surface area contributed by atoms with Gasteiger partial charge in [-0.15, -0.1) is 0 Å². The van der Waals surface area contributed by atoms with E-state index >= 15 is 0 Å². The number of hydrogen-bond donors (Lipinski definition) is 2. The molecule has 3 N–H and O–H groups in total. The van der Waals surface area contributed by atoms with Gasteiger partial charge in [-0.3, -0.25) is 4.79 Å². The van der Waals surface area contributed by atoms with Crippen molar-refractivity contribution in [2.24, 2.45) is 5.73 Å². The Hall–Kier alpha value is -3.29. The second kappa shape index (κ2) is 5.85. The number of esters is 1. The van der Waals surface area contributed by atoms with Crippen molar-refractivity contribution >= 4 is 22.9 Å². The molecule has 4 heterocycles. The lowest BCUT2D eigenvalue weighted by molar-refractivity contribution is -0.157. The van der Waals surface area contributed by atoms with Crippen LogP contribution in [0.1, 0.15) is 33.9 Å². The number of carbonyl (C=O) groups is 1. The van der Waals surface area contributed by atoms with Gasteiger partial charge in [-0.25, -0.2) is 9.78 Å². The molecule has 3 aromatic rings. The summed E-state index contributed by atoms with van der Waals surface area (Å²) < 4.78 is 6.53. The van der Waals surface area contributed by atoms with Crippen LogP contribution in [0.25, 0.3) is 28.4 Å². The van der Waals surface area contributed by atoms with Crippen molar-refractivity contribution in [3.8, 4) is 11.4 Å². The van der Waals surface area contributed by atoms with E-state index in [9.17, 15) is 14.7 Å². The lowest BCUT2D eigenvalue weighted by Crippen LogP contribution is -2.32. The number of aromatic nitrogens is 2. The van der Waals surface area contributed by atoms with Gasteiger partial charge < -0.3 is 20.1 Å². The summed E-state index contributed by atoms with van der Waals surface area (Å²) in [6.07, 6.45) is 0.301. The van der Waals surface area contributed by atoms with Crippen molar-refractivity contribution < 1.29 is 14.6 Å². The Morgan fingerprint density at radius 3 is 2.89 bits per heavy atom. The molecule has 0 spiro atoms. The zero-order chi connectivity index (χ0) is 19.6. The van der Waals surface area contributed by atoms with E-state index in [0.717, 1.165) is 27.6 Å². The molecule has 1 atom stereocenters. The SMILES string of the molecule is C=Cc1ccc2nc3c(c(CN)c2c1)Cn1c-3cc2c(c1=O)COC(=O)C2O. The minimum atomic E-state index is -1.46. The fraction of sp³-hybridized carbons (Fsp3) is 0.190. The Bertz CT molecular complexity index is 1260. The van der Waals surface area contributed by atoms with Gasteiger partial charge in [0.2, 0.25) is 0 Å². The number of pyridine rings is 2. The molecule has 2 aromatic heterocycles. The van der Waals surface area contributed by atoms with E-state index < -0.39 is 12.1 Å². The topological polar surface area (TPSA) is 107 Å². The Morgan fingerprint density at radius 2 is 2.14 bits per heavy atom. The number of hydrogen-bond acceptors (Lipinski definition) is 6. The molecular weight excluding hydrogens is 358 g/mol. The molecule has 0 bridgehead atoms. The van der Waals surface area contributed by atoms with Crippen LogP contribution in [0.4, 0.5) is 0 Å². The second-order valence-electron chi connectivity index (χ2n) is 6.97. The number of nitrogens with two attached hydrogens (primary N) is 1. The van der Waals surface area contributed by atoms with Gasteiger partial charge in [0.05, 0.1) is 29.0 Å². The molecule has 2 aliphatic rings. The lowest BCUT2D eigenvalue weighted by Gasteiger charge is -2.21. The van der Waals surface area contributed by atoms with Crippen LogP contribution in [-0.4, -0.2) is 20.6 Å². The van der Waals surface area contributed by atoms with Crippen LogP contribution in [0.5, 0.6) is 0 Å². The Balaban J connectivity index is 1.82. The maximum absolute atomic E-state index is 13.0. The van der Waals surface area contributed by atoms with Crippen molar-refractivity contribution in [3.63, 3.8) is 0 Å². The van der Waals surface area contributed by atoms with Crippen LogP contribution in [0, 0.1) is 0 Å². The second-order valence-corrected chi connectivity index (χ2v) is 6.97. The van der Waals surface area contributed by atoms with E-state index in [-0.39, 0.29) is 12.2 Å². The van der Waals surface area contributed by atoms with Crippen molar-refractivity contribution in [1.82, 2.24) is 9.55 Å². The smallest absolute Gasteiger partial charge is 0.340 e. The first-order valence-electron chi connectivity index (χ1n) is 8.93. The summed E-state index contributed by atoms with van der Waals surface area (Å²) in [4.78, 5) is 29.5. The standard InChI is InChI=1S/C21H17N3O4/c1-2-10-3-4-16-11(5-10)13(7-22)14-8-24-17(18(14)23-16)6-12-15(20(24)26)9-28-21(27)19(12)25/h2-6,19,25H,1,7-9,22H2. The Kier molecular flexibility index (Phi) is 3.52. The summed E-state index contributed by atoms with van der Waals surface area (Å²) in [5.74, 6) is -0.749. The predicted octanol–water partition coefficient (Wildman–Crippen LogP) is 1.62. The highest BCUT2D eigenvalue weighted by Crippen LogP contribution is 2.37. The van der Waals surface area contributed by atoms with Gasteiger partial charge in [0.25, 0.3) is 5.56 Å². The molecule has 2 aliphatic heterocycles. The highest BCUT2D eigenvalue weighted by molar-refractivity contribution is 5.90. The van der Waals surface area contributed by atoms with Crippen molar-refractivity contribution in [3.05, 3.63) is 69.0 Å². The number of ether oxygens (including phenoxy) is 1. The van der Waals surface area contributed by atoms with Crippen LogP contribution in [0.15, 0.2) is 35.6 Å². The summed E-state index contributed by atoms with van der Waals surface area (Å²) in [7, 11) is 0. The van der Waals surface area contributed by atoms with Gasteiger partial charge in [0.15, 0.2) is 6.10 Å². The van der Waals surface area contributed by atoms with Crippen molar-refractivity contribution in [2.45, 2.75) is 25.8 Å². The highest BCUT2D eigenvalue weighted by Gasteiger charge is 2.34. The number of carbonyl (C=O) groups excluding carboxylic acids is 1. The van der Waals surface area contributed by atoms with E-state index in [1.807, 2.05) is 18.2 Å². The van der Waals surface area contributed by atoms with Gasteiger partial charge in [-0.05, 0) is 29.3 Å². The van der Waals surface area contributed by atoms with Gasteiger partial charge in [0.1, 0.15) is 6.61 Å². The van der Waals surface area contributed by atoms with Gasteiger partial charge in [0, 0.05) is 23.1 Å². The average Bonchev–Trinajstić information content (AvgIpc) is 3.07. The number of benzene rings is 1. The number of nitrogens with zero attached hydrogens (tertiary/aromatic N) is 2. The molecule has 7 nitrogen and oxygen atoms in total. The molecule has 0 radical (unpaired) electrons. The summed E-state index contributed by atoms with van der Waals surface area (Å²) in [6, 6.07) is 7.48. The van der Waals surface area contributed by atoms with Crippen molar-refractivity contribution in [2.75, 3.05) is 0 Å². The maximum Gasteiger partial charge on any atom is 0.340 e. The van der Waals surface area contributed by atoms with Crippen molar-refractivity contribution in [1.29, 1.82) is 0 Å². The summed E-state index contributed by atoms with van der Waals surface area (Å²) in [5, 5.41) is 11.1. The zero-order valence-electron chi connectivity index (χ0n) is 14.9. The first-order chi connectivity index (χ1) is 13.5. The molecule has 0 fully saturated rings. The van der Waals surface area contributed by atoms with E-state index in [1.54, 1.807) is 16.7 Å². The molecule has 7 heteroatoms. The number of cyclic esters (lactones) is 1. The number of aliphatic hydroxyl groups excluding tert-OH is 1. The molecule has 140 valence electrons. The van der Waals surface area contributed by atoms with E-state index in [2.05, 4.69) is 6.58 Å². The zero-order valence-corrected chi connectivity index (χ0v) is 14.9. The Morgan fingerprint density at radius 1 is 1.32 bits per heavy atom. The fourth-order valence-electron chi connectivity index (χ4n) is 4.09. The first kappa shape index (κ1) is 16.9. The van der Waals surface area contributed by atoms with E-state index in [4.69, 9.17) is 15.5 Å². The average molecular weight is 375 g/mol. The number of rotatable bonds is 2. The van der Waals surface area contributed by atoms with Crippen LogP contribution in [0.2, 0.25) is 0 Å². The summed E-state index contributed by atoms with van der Waals surface area (Å²) >= 11 is 0. The van der Waals surface area contributed by atoms with Crippen LogP contribution in [-0.2, 0) is 29.2 Å². The third-order valence-corrected chi connectivity index (χ3v) is 5.54. The lowest BCUT2D eigenvalue weighted by atomic mass is 9.98. The molecule has 0 amide bonds. The highest BCUT2D eigenvalue weighted by atomic mass is 16.5. The molecule has 5 rings (SSSR count). The van der Waals surface area contributed by atoms with Gasteiger partial charge >= 0.3 is 5.97 Å². The summed E-state index contributed by atoms with van der Waals surface area (Å²) in [5.41, 5.74) is 11.2. The first-order valence-corrected chi connectivity index (χ1v) is 8.93. The number of fused-ring (bicyclic) bond motifs is 5. The molecule has 28 heavy (non-hydrogen) atoms. The maximum atomic E-state index is 13.0. The third kappa shape index (κ3) is 2.14. The molecule has 0 saturated carbocycles. The molecule has 1 aromatic carbocycles. The molecule has 1 unspecified atom stereocenters. The normalized spacial score (nSPS) is 17.1. The van der Waals surface area contributed by atoms with Crippen LogP contribution in [0.3, 0.4) is 0 Å². The van der Waals surface area contributed by atoms with E-state index in [0.29, 0.717) is 35.6 Å². The minimum absolute atomic E-state index is 0.136. The fourth-order valence-corrected chi connectivity index (χ4v) is 4.09. The molecule has 0 aliphatic carbocycles. The quantitative estimate of drug-likeness (QED) is 0.516. The monoisotopic (exact) mass is 375 g/mol. The third-order valence-electron chi connectivity index (χ3n) is 5.54. The van der Waals surface area contributed by atoms with E-state index in [1.165, 1.54) is 0 Å². The minimum Gasteiger partial charge on any atom is -0.458 e. The molecular formula is C21H17N3O4. The van der Waals surface area contributed by atoms with Gasteiger partial charge in [-0.1, -0.05) is 18.7 Å². The molecule has 0 saturated heterocycles. The predicted molar refractivity (Wildman–Crippen MR) is 103 cm³/mol. The van der Waals surface area contributed by atoms with Gasteiger partial charge in [-0.2, -0.15) is 0 Å².